The number of piperidine rings is 1. The van der Waals surface area contributed by atoms with Crippen molar-refractivity contribution in [2.24, 2.45) is 0 Å². The molecule has 0 amide bonds. The van der Waals surface area contributed by atoms with E-state index in [-0.39, 0.29) is 0 Å². The van der Waals surface area contributed by atoms with Crippen molar-refractivity contribution >= 4 is 11.3 Å². The van der Waals surface area contributed by atoms with Crippen LogP contribution in [0.4, 0.5) is 0 Å². The maximum atomic E-state index is 3.71. The molecule has 2 rings (SSSR count). The highest BCUT2D eigenvalue weighted by Crippen LogP contribution is 2.17. The summed E-state index contributed by atoms with van der Waals surface area (Å²) in [5, 5.41) is 3.71. The van der Waals surface area contributed by atoms with Crippen LogP contribution >= 0.6 is 11.3 Å². The van der Waals surface area contributed by atoms with E-state index in [9.17, 15) is 0 Å². The van der Waals surface area contributed by atoms with Crippen LogP contribution < -0.4 is 5.32 Å². The zero-order valence-electron chi connectivity index (χ0n) is 11.9. The number of likely N-dealkylation sites (tertiary alicyclic amines) is 1. The topological polar surface area (TPSA) is 15.3 Å². The van der Waals surface area contributed by atoms with E-state index in [2.05, 4.69) is 43.2 Å². The van der Waals surface area contributed by atoms with Crippen LogP contribution in [0.1, 0.15) is 35.9 Å². The van der Waals surface area contributed by atoms with Crippen LogP contribution in [0.15, 0.2) is 12.1 Å². The van der Waals surface area contributed by atoms with Gasteiger partial charge in [-0.25, -0.2) is 0 Å². The van der Waals surface area contributed by atoms with Crippen molar-refractivity contribution in [1.82, 2.24) is 10.2 Å². The summed E-state index contributed by atoms with van der Waals surface area (Å²) < 4.78 is 0. The van der Waals surface area contributed by atoms with Crippen LogP contribution in [0, 0.1) is 6.92 Å². The molecule has 1 aliphatic heterocycles. The molecule has 0 bridgehead atoms. The lowest BCUT2D eigenvalue weighted by atomic mass is 10.0. The van der Waals surface area contributed by atoms with Crippen molar-refractivity contribution in [1.29, 1.82) is 0 Å². The van der Waals surface area contributed by atoms with E-state index in [1.165, 1.54) is 35.6 Å². The first-order valence-corrected chi connectivity index (χ1v) is 7.95. The van der Waals surface area contributed by atoms with Crippen LogP contribution in [-0.4, -0.2) is 37.1 Å². The molecule has 0 aromatic carbocycles. The van der Waals surface area contributed by atoms with Gasteiger partial charge in [0.05, 0.1) is 0 Å². The number of hydrogen-bond acceptors (Lipinski definition) is 3. The van der Waals surface area contributed by atoms with E-state index in [0.717, 1.165) is 19.0 Å². The third-order valence-corrected chi connectivity index (χ3v) is 4.95. The Morgan fingerprint density at radius 1 is 1.44 bits per heavy atom. The van der Waals surface area contributed by atoms with Gasteiger partial charge in [0.2, 0.25) is 0 Å². The molecule has 3 heteroatoms. The van der Waals surface area contributed by atoms with Gasteiger partial charge < -0.3 is 10.2 Å². The molecule has 0 radical (unpaired) electrons. The van der Waals surface area contributed by atoms with Gasteiger partial charge in [-0.2, -0.15) is 0 Å². The second-order valence-electron chi connectivity index (χ2n) is 5.66. The van der Waals surface area contributed by atoms with Gasteiger partial charge in [0.1, 0.15) is 0 Å². The van der Waals surface area contributed by atoms with Crippen molar-refractivity contribution in [3.8, 4) is 0 Å². The molecule has 0 aliphatic carbocycles. The van der Waals surface area contributed by atoms with E-state index >= 15 is 0 Å². The molecule has 2 nitrogen and oxygen atoms in total. The highest BCUT2D eigenvalue weighted by molar-refractivity contribution is 7.11. The molecule has 1 aromatic heterocycles. The van der Waals surface area contributed by atoms with Crippen molar-refractivity contribution in [2.45, 2.75) is 51.6 Å². The molecule has 1 aromatic rings. The maximum absolute atomic E-state index is 3.71. The minimum atomic E-state index is 0.582. The molecule has 0 spiro atoms. The number of likely N-dealkylation sites (N-methyl/N-ethyl adjacent to an activating group) is 1. The van der Waals surface area contributed by atoms with E-state index < -0.39 is 0 Å². The number of rotatable bonds is 5. The van der Waals surface area contributed by atoms with Gasteiger partial charge in [0.25, 0.3) is 0 Å². The molecule has 1 saturated heterocycles. The molecular weight excluding hydrogens is 240 g/mol. The first-order valence-electron chi connectivity index (χ1n) is 7.14. The van der Waals surface area contributed by atoms with Crippen LogP contribution in [0.25, 0.3) is 0 Å². The smallest absolute Gasteiger partial charge is 0.0217 e. The van der Waals surface area contributed by atoms with Crippen molar-refractivity contribution in [3.05, 3.63) is 21.9 Å². The second-order valence-corrected chi connectivity index (χ2v) is 7.03. The second kappa shape index (κ2) is 6.69. The van der Waals surface area contributed by atoms with Crippen molar-refractivity contribution < 1.29 is 0 Å². The number of nitrogens with zero attached hydrogens (tertiary/aromatic N) is 1. The molecule has 2 atom stereocenters. The summed E-state index contributed by atoms with van der Waals surface area (Å²) in [6.07, 6.45) is 5.29. The molecule has 2 unspecified atom stereocenters. The van der Waals surface area contributed by atoms with E-state index in [1.807, 2.05) is 11.3 Å². The van der Waals surface area contributed by atoms with E-state index in [4.69, 9.17) is 0 Å². The summed E-state index contributed by atoms with van der Waals surface area (Å²) in [5.74, 6) is 0. The Labute approximate surface area is 115 Å². The largest absolute Gasteiger partial charge is 0.312 e. The van der Waals surface area contributed by atoms with Gasteiger partial charge in [-0.05, 0) is 58.8 Å². The summed E-state index contributed by atoms with van der Waals surface area (Å²) in [4.78, 5) is 5.44. The van der Waals surface area contributed by atoms with Crippen molar-refractivity contribution in [2.75, 3.05) is 20.1 Å². The summed E-state index contributed by atoms with van der Waals surface area (Å²) in [5.41, 5.74) is 0. The first kappa shape index (κ1) is 14.0. The van der Waals surface area contributed by atoms with Gasteiger partial charge >= 0.3 is 0 Å². The van der Waals surface area contributed by atoms with Crippen LogP contribution in [-0.2, 0) is 6.42 Å². The average Bonchev–Trinajstić information content (AvgIpc) is 2.74. The van der Waals surface area contributed by atoms with Gasteiger partial charge in [-0.15, -0.1) is 11.3 Å². The Bertz CT molecular complexity index is 361. The van der Waals surface area contributed by atoms with E-state index in [0.29, 0.717) is 6.04 Å². The zero-order chi connectivity index (χ0) is 13.0. The molecule has 18 heavy (non-hydrogen) atoms. The zero-order valence-corrected chi connectivity index (χ0v) is 12.7. The highest BCUT2D eigenvalue weighted by Gasteiger charge is 2.19. The Morgan fingerprint density at radius 2 is 2.28 bits per heavy atom. The van der Waals surface area contributed by atoms with Crippen LogP contribution in [0.5, 0.6) is 0 Å². The maximum Gasteiger partial charge on any atom is 0.0217 e. The lowest BCUT2D eigenvalue weighted by Gasteiger charge is -2.33. The molecule has 102 valence electrons. The standard InChI is InChI=1S/C15H26N2S/c1-12(10-15-8-7-13(2)18-15)16-11-14-6-4-5-9-17(14)3/h7-8,12,14,16H,4-6,9-11H2,1-3H3. The highest BCUT2D eigenvalue weighted by atomic mass is 32.1. The van der Waals surface area contributed by atoms with Gasteiger partial charge in [0, 0.05) is 28.4 Å². The fourth-order valence-electron chi connectivity index (χ4n) is 2.71. The monoisotopic (exact) mass is 266 g/mol. The van der Waals surface area contributed by atoms with Gasteiger partial charge in [0.15, 0.2) is 0 Å². The fraction of sp³-hybridized carbons (Fsp3) is 0.733. The molecule has 1 N–H and O–H groups in total. The average molecular weight is 266 g/mol. The number of nitrogens with one attached hydrogen (secondary N) is 1. The Balaban J connectivity index is 1.72. The fourth-order valence-corrected chi connectivity index (χ4v) is 3.73. The summed E-state index contributed by atoms with van der Waals surface area (Å²) in [7, 11) is 2.26. The summed E-state index contributed by atoms with van der Waals surface area (Å²) >= 11 is 1.93. The minimum Gasteiger partial charge on any atom is -0.312 e. The summed E-state index contributed by atoms with van der Waals surface area (Å²) in [6, 6.07) is 5.82. The van der Waals surface area contributed by atoms with Gasteiger partial charge in [-0.3, -0.25) is 0 Å². The molecule has 1 aliphatic rings. The molecule has 2 heterocycles. The van der Waals surface area contributed by atoms with Gasteiger partial charge in [-0.1, -0.05) is 6.42 Å². The van der Waals surface area contributed by atoms with Crippen LogP contribution in [0.2, 0.25) is 0 Å². The Kier molecular flexibility index (Phi) is 5.22. The summed E-state index contributed by atoms with van der Waals surface area (Å²) in [6.45, 7) is 6.90. The number of hydrogen-bond donors (Lipinski definition) is 1. The predicted octanol–water partition coefficient (Wildman–Crippen LogP) is 3.06. The first-order chi connectivity index (χ1) is 8.65. The molecule has 0 saturated carbocycles. The predicted molar refractivity (Wildman–Crippen MR) is 80.5 cm³/mol. The van der Waals surface area contributed by atoms with E-state index in [1.54, 1.807) is 0 Å². The Morgan fingerprint density at radius 3 is 2.94 bits per heavy atom. The third kappa shape index (κ3) is 4.08. The molecule has 1 fully saturated rings. The quantitative estimate of drug-likeness (QED) is 0.881. The SMILES string of the molecule is Cc1ccc(CC(C)NCC2CCCCN2C)s1. The third-order valence-electron chi connectivity index (χ3n) is 3.93. The minimum absolute atomic E-state index is 0.582. The van der Waals surface area contributed by atoms with Crippen LogP contribution in [0.3, 0.4) is 0 Å². The number of aryl methyl sites for hydroxylation is 1. The lowest BCUT2D eigenvalue weighted by Crippen LogP contribution is -2.45. The molecular formula is C15H26N2S. The normalized spacial score (nSPS) is 23.2. The van der Waals surface area contributed by atoms with Crippen molar-refractivity contribution in [3.63, 3.8) is 0 Å². The lowest BCUT2D eigenvalue weighted by molar-refractivity contribution is 0.178. The number of thiophene rings is 1. The Hall–Kier alpha value is -0.380.